The van der Waals surface area contributed by atoms with Crippen molar-refractivity contribution in [2.75, 3.05) is 12.9 Å². The van der Waals surface area contributed by atoms with E-state index in [2.05, 4.69) is 4.74 Å². The van der Waals surface area contributed by atoms with Crippen LogP contribution in [0.2, 0.25) is 10.0 Å². The Labute approximate surface area is 116 Å². The van der Waals surface area contributed by atoms with E-state index in [1.165, 1.54) is 19.2 Å². The van der Waals surface area contributed by atoms with Crippen molar-refractivity contribution in [3.8, 4) is 0 Å². The molecule has 0 heterocycles. The average molecular weight is 311 g/mol. The summed E-state index contributed by atoms with van der Waals surface area (Å²) in [6, 6.07) is 4.49. The molecule has 0 amide bonds. The predicted molar refractivity (Wildman–Crippen MR) is 69.8 cm³/mol. The van der Waals surface area contributed by atoms with Crippen LogP contribution in [0.1, 0.15) is 12.8 Å². The van der Waals surface area contributed by atoms with Gasteiger partial charge < -0.3 is 4.74 Å². The molecule has 7 heteroatoms. The Balaban J connectivity index is 2.84. The Morgan fingerprint density at radius 2 is 1.83 bits per heavy atom. The van der Waals surface area contributed by atoms with Crippen molar-refractivity contribution in [3.63, 3.8) is 0 Å². The number of rotatable bonds is 5. The summed E-state index contributed by atoms with van der Waals surface area (Å²) in [6.07, 6.45) is 0.203. The number of carbonyl (C=O) groups is 1. The van der Waals surface area contributed by atoms with E-state index in [0.29, 0.717) is 0 Å². The Morgan fingerprint density at radius 3 is 2.33 bits per heavy atom. The number of halogens is 2. The van der Waals surface area contributed by atoms with E-state index in [4.69, 9.17) is 23.2 Å². The zero-order valence-corrected chi connectivity index (χ0v) is 12.0. The lowest BCUT2D eigenvalue weighted by molar-refractivity contribution is -0.140. The minimum absolute atomic E-state index is 0.0395. The van der Waals surface area contributed by atoms with Crippen LogP contribution in [0.15, 0.2) is 23.1 Å². The summed E-state index contributed by atoms with van der Waals surface area (Å²) in [5, 5.41) is 0.168. The number of hydrogen-bond donors (Lipinski definition) is 0. The first-order valence-electron chi connectivity index (χ1n) is 5.12. The van der Waals surface area contributed by atoms with Gasteiger partial charge in [0.05, 0.1) is 22.9 Å². The molecule has 0 atom stereocenters. The first kappa shape index (κ1) is 15.3. The van der Waals surface area contributed by atoms with Crippen molar-refractivity contribution in [2.45, 2.75) is 17.7 Å². The second-order valence-electron chi connectivity index (χ2n) is 3.55. The SMILES string of the molecule is COC(=O)CCCS(=O)(=O)c1c(Cl)cccc1Cl. The quantitative estimate of drug-likeness (QED) is 0.785. The number of esters is 1. The maximum absolute atomic E-state index is 12.0. The first-order valence-corrected chi connectivity index (χ1v) is 7.53. The van der Waals surface area contributed by atoms with Crippen LogP contribution in [-0.2, 0) is 19.4 Å². The fraction of sp³-hybridized carbons (Fsp3) is 0.364. The molecule has 0 aromatic heterocycles. The molecule has 0 aliphatic carbocycles. The summed E-state index contributed by atoms with van der Waals surface area (Å²) in [4.78, 5) is 10.8. The number of methoxy groups -OCH3 is 1. The van der Waals surface area contributed by atoms with Gasteiger partial charge in [0.2, 0.25) is 0 Å². The monoisotopic (exact) mass is 310 g/mol. The van der Waals surface area contributed by atoms with E-state index in [1.54, 1.807) is 6.07 Å². The molecule has 1 aromatic rings. The summed E-state index contributed by atoms with van der Waals surface area (Å²) in [7, 11) is -2.35. The van der Waals surface area contributed by atoms with Crippen LogP contribution in [-0.4, -0.2) is 27.2 Å². The molecule has 0 N–H and O–H groups in total. The standard InChI is InChI=1S/C11H12Cl2O4S/c1-17-10(14)6-3-7-18(15,16)11-8(12)4-2-5-9(11)13/h2,4-5H,3,6-7H2,1H3. The Morgan fingerprint density at radius 1 is 1.28 bits per heavy atom. The predicted octanol–water partition coefficient (Wildman–Crippen LogP) is 2.72. The van der Waals surface area contributed by atoms with Gasteiger partial charge in [-0.05, 0) is 18.6 Å². The van der Waals surface area contributed by atoms with Gasteiger partial charge in [-0.15, -0.1) is 0 Å². The summed E-state index contributed by atoms with van der Waals surface area (Å²) in [6.45, 7) is 0. The summed E-state index contributed by atoms with van der Waals surface area (Å²) < 4.78 is 28.5. The zero-order chi connectivity index (χ0) is 13.8. The maximum Gasteiger partial charge on any atom is 0.305 e. The molecule has 0 spiro atoms. The van der Waals surface area contributed by atoms with Gasteiger partial charge in [-0.3, -0.25) is 4.79 Å². The van der Waals surface area contributed by atoms with Crippen LogP contribution >= 0.6 is 23.2 Å². The van der Waals surface area contributed by atoms with E-state index in [-0.39, 0.29) is 33.5 Å². The summed E-state index contributed by atoms with van der Waals surface area (Å²) in [5.74, 6) is -0.651. The van der Waals surface area contributed by atoms with Gasteiger partial charge in [0.25, 0.3) is 0 Å². The molecule has 0 aliphatic heterocycles. The fourth-order valence-corrected chi connectivity index (χ4v) is 3.95. The third kappa shape index (κ3) is 3.86. The molecule has 4 nitrogen and oxygen atoms in total. The van der Waals surface area contributed by atoms with Crippen LogP contribution in [0, 0.1) is 0 Å². The normalized spacial score (nSPS) is 11.3. The van der Waals surface area contributed by atoms with E-state index >= 15 is 0 Å². The van der Waals surface area contributed by atoms with E-state index in [1.807, 2.05) is 0 Å². The summed E-state index contributed by atoms with van der Waals surface area (Å²) in [5.41, 5.74) is 0. The van der Waals surface area contributed by atoms with Crippen LogP contribution in [0.5, 0.6) is 0 Å². The van der Waals surface area contributed by atoms with Gasteiger partial charge in [-0.25, -0.2) is 8.42 Å². The second kappa shape index (κ2) is 6.41. The van der Waals surface area contributed by atoms with Gasteiger partial charge in [0.1, 0.15) is 4.90 Å². The van der Waals surface area contributed by atoms with Crippen molar-refractivity contribution in [2.24, 2.45) is 0 Å². The van der Waals surface area contributed by atoms with Gasteiger partial charge in [-0.2, -0.15) is 0 Å². The smallest absolute Gasteiger partial charge is 0.305 e. The Kier molecular flexibility index (Phi) is 5.44. The van der Waals surface area contributed by atoms with Crippen LogP contribution < -0.4 is 0 Å². The fourth-order valence-electron chi connectivity index (χ4n) is 1.39. The van der Waals surface area contributed by atoms with E-state index in [9.17, 15) is 13.2 Å². The van der Waals surface area contributed by atoms with Gasteiger partial charge in [0.15, 0.2) is 9.84 Å². The highest BCUT2D eigenvalue weighted by Gasteiger charge is 2.21. The second-order valence-corrected chi connectivity index (χ2v) is 6.41. The zero-order valence-electron chi connectivity index (χ0n) is 9.65. The number of hydrogen-bond acceptors (Lipinski definition) is 4. The Hall–Kier alpha value is -0.780. The molecular weight excluding hydrogens is 299 g/mol. The van der Waals surface area contributed by atoms with Gasteiger partial charge >= 0.3 is 5.97 Å². The van der Waals surface area contributed by atoms with Crippen LogP contribution in [0.4, 0.5) is 0 Å². The molecule has 100 valence electrons. The van der Waals surface area contributed by atoms with Crippen molar-refractivity contribution in [1.82, 2.24) is 0 Å². The first-order chi connectivity index (χ1) is 8.38. The molecule has 0 fully saturated rings. The highest BCUT2D eigenvalue weighted by molar-refractivity contribution is 7.91. The van der Waals surface area contributed by atoms with Crippen LogP contribution in [0.3, 0.4) is 0 Å². The molecule has 0 aliphatic rings. The van der Waals surface area contributed by atoms with Gasteiger partial charge in [-0.1, -0.05) is 29.3 Å². The highest BCUT2D eigenvalue weighted by atomic mass is 35.5. The molecule has 1 aromatic carbocycles. The lowest BCUT2D eigenvalue weighted by atomic mass is 10.3. The third-order valence-electron chi connectivity index (χ3n) is 2.25. The summed E-state index contributed by atoms with van der Waals surface area (Å²) >= 11 is 11.7. The Bertz CT molecular complexity index is 520. The molecule has 0 saturated heterocycles. The van der Waals surface area contributed by atoms with Crippen LogP contribution in [0.25, 0.3) is 0 Å². The lowest BCUT2D eigenvalue weighted by Crippen LogP contribution is -2.10. The molecule has 18 heavy (non-hydrogen) atoms. The topological polar surface area (TPSA) is 60.4 Å². The largest absolute Gasteiger partial charge is 0.469 e. The minimum atomic E-state index is -3.60. The van der Waals surface area contributed by atoms with Crippen molar-refractivity contribution in [1.29, 1.82) is 0 Å². The molecular formula is C11H12Cl2O4S. The van der Waals surface area contributed by atoms with Crippen molar-refractivity contribution < 1.29 is 17.9 Å². The number of carbonyl (C=O) groups excluding carboxylic acids is 1. The maximum atomic E-state index is 12.0. The highest BCUT2D eigenvalue weighted by Crippen LogP contribution is 2.30. The molecule has 0 unspecified atom stereocenters. The van der Waals surface area contributed by atoms with Crippen molar-refractivity contribution in [3.05, 3.63) is 28.2 Å². The molecule has 1 rings (SSSR count). The molecule has 0 radical (unpaired) electrons. The molecule has 0 bridgehead atoms. The van der Waals surface area contributed by atoms with Gasteiger partial charge in [0, 0.05) is 6.42 Å². The average Bonchev–Trinajstić information content (AvgIpc) is 2.27. The number of benzene rings is 1. The van der Waals surface area contributed by atoms with E-state index < -0.39 is 15.8 Å². The van der Waals surface area contributed by atoms with E-state index in [0.717, 1.165) is 0 Å². The number of ether oxygens (including phenoxy) is 1. The lowest BCUT2D eigenvalue weighted by Gasteiger charge is -2.07. The molecule has 0 saturated carbocycles. The number of sulfone groups is 1. The minimum Gasteiger partial charge on any atom is -0.469 e. The third-order valence-corrected chi connectivity index (χ3v) is 4.99. The van der Waals surface area contributed by atoms with Crippen molar-refractivity contribution >= 4 is 39.0 Å².